The second-order valence-electron chi connectivity index (χ2n) is 29.7. The van der Waals surface area contributed by atoms with Crippen LogP contribution in [-0.4, -0.2) is 64.4 Å². The van der Waals surface area contributed by atoms with Gasteiger partial charge >= 0.3 is 0 Å². The Balaban J connectivity index is 0.000000203. The van der Waals surface area contributed by atoms with Gasteiger partial charge in [-0.05, 0) is 271 Å². The molecule has 6 aromatic heterocycles. The average molecular weight is 1440 g/mol. The zero-order valence-corrected chi connectivity index (χ0v) is 67.7. The molecule has 6 aliphatic carbocycles. The number of hydrogen-bond donors (Lipinski definition) is 3. The summed E-state index contributed by atoms with van der Waals surface area (Å²) in [5.74, 6) is 0.214. The maximum atomic E-state index is 12.9. The number of rotatable bonds is 13. The number of carbonyl (C=O) groups is 3. The van der Waals surface area contributed by atoms with Gasteiger partial charge in [0.15, 0.2) is 17.3 Å². The van der Waals surface area contributed by atoms with E-state index in [0.717, 1.165) is 150 Å². The topological polar surface area (TPSA) is 178 Å². The van der Waals surface area contributed by atoms with Gasteiger partial charge in [0.05, 0.1) is 16.8 Å². The Labute approximate surface area is 615 Å². The fourth-order valence-corrected chi connectivity index (χ4v) is 19.0. The van der Waals surface area contributed by atoms with Crippen LogP contribution in [0.15, 0.2) is 69.9 Å². The first-order valence-electron chi connectivity index (χ1n) is 37.1. The predicted molar refractivity (Wildman–Crippen MR) is 420 cm³/mol. The zero-order valence-electron chi connectivity index (χ0n) is 64.5. The van der Waals surface area contributed by atoms with Crippen molar-refractivity contribution >= 4 is 93.6 Å². The quantitative estimate of drug-likeness (QED) is 0.0998. The Morgan fingerprint density at radius 3 is 1.04 bits per heavy atom. The first-order valence-corrected chi connectivity index (χ1v) is 39.9. The van der Waals surface area contributed by atoms with Crippen molar-refractivity contribution < 1.29 is 43.9 Å². The molecule has 16 heteroatoms. The number of aliphatic hydroxyl groups is 3. The van der Waals surface area contributed by atoms with E-state index >= 15 is 0 Å². The highest BCUT2D eigenvalue weighted by molar-refractivity contribution is 7.19. The zero-order chi connectivity index (χ0) is 74.2. The minimum absolute atomic E-state index is 0.0291. The second-order valence-corrected chi connectivity index (χ2v) is 33.3. The van der Waals surface area contributed by atoms with Crippen molar-refractivity contribution in [1.82, 2.24) is 15.0 Å². The van der Waals surface area contributed by atoms with Crippen molar-refractivity contribution in [2.75, 3.05) is 0 Å². The molecule has 0 aromatic carbocycles. The number of aliphatic hydroxyl groups excluding tert-OH is 3. The molecule has 2 unspecified atom stereocenters. The molecule has 0 bridgehead atoms. The molecule has 100 heavy (non-hydrogen) atoms. The Morgan fingerprint density at radius 1 is 0.470 bits per heavy atom. The van der Waals surface area contributed by atoms with Crippen LogP contribution in [0.3, 0.4) is 0 Å². The molecule has 0 spiro atoms. The number of aryl methyl sites for hydroxylation is 9. The Bertz CT molecular complexity index is 3990. The van der Waals surface area contributed by atoms with Crippen LogP contribution in [0.1, 0.15) is 321 Å². The van der Waals surface area contributed by atoms with Gasteiger partial charge in [-0.15, -0.1) is 34.0 Å². The van der Waals surface area contributed by atoms with Crippen molar-refractivity contribution in [3.8, 4) is 0 Å². The van der Waals surface area contributed by atoms with Gasteiger partial charge in [0.25, 0.3) is 0 Å². The first kappa shape index (κ1) is 81.6. The van der Waals surface area contributed by atoms with E-state index in [-0.39, 0.29) is 40.9 Å². The fourth-order valence-electron chi connectivity index (χ4n) is 14.8. The standard InChI is InChI=1S/C27H35NO3S.C26H33NO3S.C25H30ClNO3S.3C2H6/c1-7-17-12-13-18(20(30)14-17)23-22(25(16(3)29)31-27(4,5)6)15(2)28-26-24(23)19-10-8-9-11-21(19)32-26;1-14-11-12-17(19(29)13-14)22-21(24(16(3)28)30-26(4,5)6)15(2)27-25-23(22)18-9-7-8-10-20(18)31-25;1-13-20(23(14(2)28)30-25(3,4)5)21(16-11-10-15(26)12-18(16)29)22-17-8-6-7-9-19(17)31-24(22)27-13;3*1-2/h12,14,18,25,30H,7-11,13H2,1-6H3;11,13,17,24,29H,7-10,12H2,1-6H3;10,12,16,23,29H,6-9,11H2,1-5H3;3*1-2H3/t18?,25-;17?,24-;16-,23-;;;/m111.../s1. The molecule has 12 rings (SSSR count). The molecule has 0 aliphatic heterocycles. The van der Waals surface area contributed by atoms with Gasteiger partial charge in [-0.1, -0.05) is 83.9 Å². The molecule has 0 saturated heterocycles. The first-order chi connectivity index (χ1) is 47.2. The normalized spacial score (nSPS) is 19.1. The number of aromatic nitrogens is 3. The maximum Gasteiger partial charge on any atom is 0.163 e. The lowest BCUT2D eigenvalue weighted by Gasteiger charge is -2.31. The molecule has 0 fully saturated rings. The van der Waals surface area contributed by atoms with Crippen molar-refractivity contribution in [2.24, 2.45) is 0 Å². The number of ether oxygens (including phenoxy) is 3. The van der Waals surface area contributed by atoms with Crippen LogP contribution in [0.5, 0.6) is 0 Å². The van der Waals surface area contributed by atoms with E-state index in [4.69, 9.17) is 40.8 Å². The van der Waals surface area contributed by atoms with Gasteiger partial charge in [0.1, 0.15) is 50.1 Å². The minimum Gasteiger partial charge on any atom is -0.512 e. The van der Waals surface area contributed by atoms with Gasteiger partial charge in [-0.3, -0.25) is 14.4 Å². The van der Waals surface area contributed by atoms with E-state index in [1.54, 1.807) is 60.9 Å². The highest BCUT2D eigenvalue weighted by Crippen LogP contribution is 2.52. The molecular weight excluding hydrogens is 1330 g/mol. The number of hydrogen-bond acceptors (Lipinski definition) is 15. The number of thiophene rings is 3. The monoisotopic (exact) mass is 1440 g/mol. The third-order valence-corrected chi connectivity index (χ3v) is 22.6. The highest BCUT2D eigenvalue weighted by Gasteiger charge is 2.40. The molecule has 6 atom stereocenters. The number of Topliss-reactive ketones (excluding diaryl/α,β-unsaturated/α-hetero) is 3. The number of carbonyl (C=O) groups excluding carboxylic acids is 3. The van der Waals surface area contributed by atoms with E-state index < -0.39 is 35.1 Å². The van der Waals surface area contributed by atoms with Crippen molar-refractivity contribution in [3.63, 3.8) is 0 Å². The number of fused-ring (bicyclic) bond motifs is 9. The number of allylic oxidation sites excluding steroid dienone is 12. The Hall–Kier alpha value is -5.65. The molecule has 546 valence electrons. The van der Waals surface area contributed by atoms with Crippen LogP contribution in [0, 0.1) is 20.8 Å². The number of halogens is 1. The molecule has 6 aromatic rings. The van der Waals surface area contributed by atoms with E-state index in [9.17, 15) is 29.7 Å². The van der Waals surface area contributed by atoms with E-state index in [1.807, 2.05) is 150 Å². The molecule has 6 aliphatic rings. The summed E-state index contributed by atoms with van der Waals surface area (Å²) in [4.78, 5) is 60.8. The lowest BCUT2D eigenvalue weighted by molar-refractivity contribution is -0.139. The van der Waals surface area contributed by atoms with Crippen LogP contribution in [0.25, 0.3) is 30.6 Å². The summed E-state index contributed by atoms with van der Waals surface area (Å²) in [6.45, 7) is 44.5. The van der Waals surface area contributed by atoms with Gasteiger partial charge in [0.2, 0.25) is 0 Å². The summed E-state index contributed by atoms with van der Waals surface area (Å²) in [6.07, 6.45) is 25.9. The van der Waals surface area contributed by atoms with Crippen molar-refractivity contribution in [3.05, 3.63) is 152 Å². The number of nitrogens with zero attached hydrogens (tertiary/aromatic N) is 3. The van der Waals surface area contributed by atoms with Gasteiger partial charge < -0.3 is 29.5 Å². The third-order valence-electron chi connectivity index (χ3n) is 18.8. The fraction of sp³-hybridized carbons (Fsp3) is 0.571. The molecule has 6 heterocycles. The molecule has 3 N–H and O–H groups in total. The van der Waals surface area contributed by atoms with E-state index in [2.05, 4.69) is 19.1 Å². The van der Waals surface area contributed by atoms with Gasteiger partial charge in [0, 0.05) is 87.3 Å². The van der Waals surface area contributed by atoms with Gasteiger partial charge in [-0.25, -0.2) is 15.0 Å². The van der Waals surface area contributed by atoms with Crippen LogP contribution < -0.4 is 0 Å². The van der Waals surface area contributed by atoms with Crippen LogP contribution in [0.4, 0.5) is 0 Å². The van der Waals surface area contributed by atoms with Crippen LogP contribution in [-0.2, 0) is 67.1 Å². The van der Waals surface area contributed by atoms with Gasteiger partial charge in [-0.2, -0.15) is 0 Å². The predicted octanol–water partition coefficient (Wildman–Crippen LogP) is 24.1. The summed E-state index contributed by atoms with van der Waals surface area (Å²) in [6, 6.07) is 0. The molecule has 12 nitrogen and oxygen atoms in total. The maximum absolute atomic E-state index is 12.9. The van der Waals surface area contributed by atoms with Crippen molar-refractivity contribution in [2.45, 2.75) is 315 Å². The lowest BCUT2D eigenvalue weighted by Crippen LogP contribution is -2.28. The van der Waals surface area contributed by atoms with Crippen molar-refractivity contribution in [1.29, 1.82) is 0 Å². The molecule has 0 radical (unpaired) electrons. The molecule has 0 saturated carbocycles. The minimum atomic E-state index is -0.736. The third kappa shape index (κ3) is 18.6. The highest BCUT2D eigenvalue weighted by atomic mass is 35.5. The number of ketones is 3. The summed E-state index contributed by atoms with van der Waals surface area (Å²) >= 11 is 11.5. The molecular formula is C84H116ClN3O9S3. The summed E-state index contributed by atoms with van der Waals surface area (Å²) in [5.41, 5.74) is 12.9. The Kier molecular flexibility index (Phi) is 28.4. The average Bonchev–Trinajstić information content (AvgIpc) is 1.52. The molecule has 0 amide bonds. The number of pyridine rings is 3. The SMILES string of the molecule is CC.CC.CC.CC(=O)[C@@H](OC(C)(C)C)c1c(C)nc2sc3c(c2c1C1CC=C(C)C=C1O)CCCC3.CC(=O)[C@@H](OC(C)(C)C)c1c(C)nc2sc3c(c2c1[C@@H]1CC=C(Cl)C=C1O)CCCC3.CCC1=CCC(c2c([C@H](OC(C)(C)C)C(C)=O)c(C)nc3sc4c(c23)CCCC4)C(O)=C1. The van der Waals surface area contributed by atoms with E-state index in [0.29, 0.717) is 29.4 Å². The largest absolute Gasteiger partial charge is 0.512 e. The summed E-state index contributed by atoms with van der Waals surface area (Å²) < 4.78 is 19.0. The van der Waals surface area contributed by atoms with Crippen LogP contribution in [0.2, 0.25) is 0 Å². The summed E-state index contributed by atoms with van der Waals surface area (Å²) in [7, 11) is 0. The Morgan fingerprint density at radius 2 is 0.760 bits per heavy atom. The smallest absolute Gasteiger partial charge is 0.163 e. The lowest BCUT2D eigenvalue weighted by atomic mass is 9.80. The summed E-state index contributed by atoms with van der Waals surface area (Å²) in [5, 5.41) is 37.1. The second kappa shape index (κ2) is 34.8. The van der Waals surface area contributed by atoms with E-state index in [1.165, 1.54) is 63.4 Å². The van der Waals surface area contributed by atoms with Crippen LogP contribution >= 0.6 is 45.6 Å².